The molecule has 1 nitrogen and oxygen atoms in total. The van der Waals surface area contributed by atoms with E-state index in [2.05, 4.69) is 15.9 Å². The van der Waals surface area contributed by atoms with E-state index >= 15 is 0 Å². The van der Waals surface area contributed by atoms with E-state index < -0.39 is 0 Å². The lowest BCUT2D eigenvalue weighted by Crippen LogP contribution is -1.97. The fourth-order valence-corrected chi connectivity index (χ4v) is 2.69. The summed E-state index contributed by atoms with van der Waals surface area (Å²) >= 11 is 9.65. The van der Waals surface area contributed by atoms with Crippen molar-refractivity contribution in [2.75, 3.05) is 7.11 Å². The number of benzene rings is 2. The van der Waals surface area contributed by atoms with Gasteiger partial charge in [0.05, 0.1) is 17.0 Å². The monoisotopic (exact) mass is 342 g/mol. The Bertz CT molecular complexity index is 601. The normalized spacial score (nSPS) is 12.3. The maximum atomic E-state index is 13.2. The number of halogens is 3. The second-order valence-corrected chi connectivity index (χ2v) is 5.55. The first-order valence-corrected chi connectivity index (χ1v) is 6.99. The quantitative estimate of drug-likeness (QED) is 0.693. The van der Waals surface area contributed by atoms with Crippen LogP contribution in [0.3, 0.4) is 0 Å². The van der Waals surface area contributed by atoms with E-state index in [0.29, 0.717) is 4.47 Å². The van der Waals surface area contributed by atoms with E-state index in [4.69, 9.17) is 16.3 Å². The summed E-state index contributed by atoms with van der Waals surface area (Å²) in [5.74, 6) is 0.504. The Labute approximate surface area is 125 Å². The second-order valence-electron chi connectivity index (χ2n) is 4.26. The molecule has 0 N–H and O–H groups in total. The van der Waals surface area contributed by atoms with Gasteiger partial charge in [0.1, 0.15) is 11.6 Å². The third-order valence-electron chi connectivity index (χ3n) is 2.99. The molecule has 0 aliphatic heterocycles. The number of ether oxygens (including phenoxy) is 1. The Morgan fingerprint density at radius 2 is 1.95 bits per heavy atom. The molecule has 0 aliphatic carbocycles. The van der Waals surface area contributed by atoms with E-state index in [1.807, 2.05) is 25.1 Å². The summed E-state index contributed by atoms with van der Waals surface area (Å²) in [6.45, 7) is 1.98. The van der Waals surface area contributed by atoms with Gasteiger partial charge in [-0.1, -0.05) is 12.1 Å². The van der Waals surface area contributed by atoms with Crippen LogP contribution in [0.25, 0.3) is 0 Å². The van der Waals surface area contributed by atoms with Crippen molar-refractivity contribution in [1.82, 2.24) is 0 Å². The van der Waals surface area contributed by atoms with Crippen molar-refractivity contribution in [2.45, 2.75) is 12.3 Å². The van der Waals surface area contributed by atoms with Gasteiger partial charge in [0.2, 0.25) is 0 Å². The van der Waals surface area contributed by atoms with Crippen LogP contribution in [0.5, 0.6) is 5.75 Å². The van der Waals surface area contributed by atoms with Crippen molar-refractivity contribution >= 4 is 27.5 Å². The molecule has 2 aromatic rings. The first-order valence-electron chi connectivity index (χ1n) is 5.76. The highest BCUT2D eigenvalue weighted by Gasteiger charge is 2.15. The summed E-state index contributed by atoms with van der Waals surface area (Å²) in [6.07, 6.45) is 0. The van der Waals surface area contributed by atoms with Gasteiger partial charge in [-0.3, -0.25) is 0 Å². The number of hydrogen-bond acceptors (Lipinski definition) is 1. The number of methoxy groups -OCH3 is 1. The molecule has 0 fully saturated rings. The third kappa shape index (κ3) is 3.10. The molecule has 0 aromatic heterocycles. The van der Waals surface area contributed by atoms with Crippen molar-refractivity contribution in [3.63, 3.8) is 0 Å². The molecule has 1 atom stereocenters. The molecule has 0 radical (unpaired) electrons. The van der Waals surface area contributed by atoms with Crippen molar-refractivity contribution in [2.24, 2.45) is 0 Å². The lowest BCUT2D eigenvalue weighted by Gasteiger charge is -2.14. The van der Waals surface area contributed by atoms with Crippen molar-refractivity contribution in [3.05, 3.63) is 63.4 Å². The lowest BCUT2D eigenvalue weighted by atomic mass is 10.00. The van der Waals surface area contributed by atoms with Crippen LogP contribution in [0.15, 0.2) is 40.9 Å². The lowest BCUT2D eigenvalue weighted by molar-refractivity contribution is 0.414. The highest BCUT2D eigenvalue weighted by Crippen LogP contribution is 2.34. The molecule has 0 heterocycles. The maximum Gasteiger partial charge on any atom is 0.137 e. The zero-order chi connectivity index (χ0) is 14.0. The van der Waals surface area contributed by atoms with E-state index in [0.717, 1.165) is 22.4 Å². The molecule has 0 saturated carbocycles. The van der Waals surface area contributed by atoms with Gasteiger partial charge in [0, 0.05) is 0 Å². The Balaban J connectivity index is 2.38. The van der Waals surface area contributed by atoms with Gasteiger partial charge < -0.3 is 4.74 Å². The summed E-state index contributed by atoms with van der Waals surface area (Å²) in [6, 6.07) is 10.6. The molecule has 100 valence electrons. The van der Waals surface area contributed by atoms with Crippen LogP contribution in [0.1, 0.15) is 22.1 Å². The van der Waals surface area contributed by atoms with Crippen LogP contribution in [0, 0.1) is 12.7 Å². The van der Waals surface area contributed by atoms with Crippen molar-refractivity contribution < 1.29 is 9.13 Å². The fourth-order valence-electron chi connectivity index (χ4n) is 1.91. The Morgan fingerprint density at radius 1 is 1.21 bits per heavy atom. The van der Waals surface area contributed by atoms with Gasteiger partial charge in [-0.2, -0.15) is 0 Å². The molecule has 4 heteroatoms. The summed E-state index contributed by atoms with van der Waals surface area (Å²) in [4.78, 5) is 0. The van der Waals surface area contributed by atoms with Crippen molar-refractivity contribution in [3.8, 4) is 5.75 Å². The molecule has 0 aliphatic rings. The molecule has 0 spiro atoms. The second kappa shape index (κ2) is 5.93. The maximum absolute atomic E-state index is 13.2. The molecule has 19 heavy (non-hydrogen) atoms. The SMILES string of the molecule is COc1ccc(C(Cl)c2ccc(F)c(Br)c2)c(C)c1. The van der Waals surface area contributed by atoms with Crippen LogP contribution in [-0.2, 0) is 0 Å². The Morgan fingerprint density at radius 3 is 2.53 bits per heavy atom. The van der Waals surface area contributed by atoms with Crippen LogP contribution < -0.4 is 4.74 Å². The largest absolute Gasteiger partial charge is 0.497 e. The van der Waals surface area contributed by atoms with E-state index in [9.17, 15) is 4.39 Å². The summed E-state index contributed by atoms with van der Waals surface area (Å²) in [7, 11) is 1.63. The summed E-state index contributed by atoms with van der Waals surface area (Å²) in [5.41, 5.74) is 2.88. The van der Waals surface area contributed by atoms with E-state index in [-0.39, 0.29) is 11.2 Å². The zero-order valence-electron chi connectivity index (χ0n) is 10.6. The first kappa shape index (κ1) is 14.4. The Hall–Kier alpha value is -1.06. The van der Waals surface area contributed by atoms with E-state index in [1.54, 1.807) is 19.2 Å². The van der Waals surface area contributed by atoms with E-state index in [1.165, 1.54) is 6.07 Å². The zero-order valence-corrected chi connectivity index (χ0v) is 12.9. The number of rotatable bonds is 3. The molecule has 2 rings (SSSR count). The summed E-state index contributed by atoms with van der Waals surface area (Å²) in [5, 5.41) is -0.317. The van der Waals surface area contributed by atoms with Gasteiger partial charge in [-0.05, 0) is 63.8 Å². The highest BCUT2D eigenvalue weighted by atomic mass is 79.9. The van der Waals surface area contributed by atoms with Gasteiger partial charge in [-0.15, -0.1) is 11.6 Å². The Kier molecular flexibility index (Phi) is 4.48. The van der Waals surface area contributed by atoms with Gasteiger partial charge in [0.25, 0.3) is 0 Å². The average molecular weight is 344 g/mol. The number of aryl methyl sites for hydroxylation is 1. The number of hydrogen-bond donors (Lipinski definition) is 0. The fraction of sp³-hybridized carbons (Fsp3) is 0.200. The van der Waals surface area contributed by atoms with Crippen LogP contribution >= 0.6 is 27.5 Å². The molecular weight excluding hydrogens is 331 g/mol. The molecule has 2 aromatic carbocycles. The predicted molar refractivity (Wildman–Crippen MR) is 79.5 cm³/mol. The third-order valence-corrected chi connectivity index (χ3v) is 4.08. The average Bonchev–Trinajstić information content (AvgIpc) is 2.41. The van der Waals surface area contributed by atoms with Crippen molar-refractivity contribution in [1.29, 1.82) is 0 Å². The minimum Gasteiger partial charge on any atom is -0.497 e. The number of alkyl halides is 1. The molecule has 0 saturated heterocycles. The predicted octanol–water partition coefficient (Wildman–Crippen LogP) is 5.23. The topological polar surface area (TPSA) is 9.23 Å². The highest BCUT2D eigenvalue weighted by molar-refractivity contribution is 9.10. The van der Waals surface area contributed by atoms with Gasteiger partial charge >= 0.3 is 0 Å². The minimum absolute atomic E-state index is 0.293. The smallest absolute Gasteiger partial charge is 0.137 e. The summed E-state index contributed by atoms with van der Waals surface area (Å²) < 4.78 is 18.8. The van der Waals surface area contributed by atoms with Crippen LogP contribution in [0.2, 0.25) is 0 Å². The molecule has 0 bridgehead atoms. The van der Waals surface area contributed by atoms with Gasteiger partial charge in [-0.25, -0.2) is 4.39 Å². The molecule has 0 amide bonds. The minimum atomic E-state index is -0.317. The van der Waals surface area contributed by atoms with Crippen LogP contribution in [0.4, 0.5) is 4.39 Å². The van der Waals surface area contributed by atoms with Crippen LogP contribution in [-0.4, -0.2) is 7.11 Å². The standard InChI is InChI=1S/C15H13BrClFO/c1-9-7-11(19-2)4-5-12(9)15(17)10-3-6-14(18)13(16)8-10/h3-8,15H,1-2H3. The molecule has 1 unspecified atom stereocenters. The first-order chi connectivity index (χ1) is 9.02. The van der Waals surface area contributed by atoms with Gasteiger partial charge in [0.15, 0.2) is 0 Å². The molecular formula is C15H13BrClFO.